The molecule has 0 aliphatic carbocycles. The van der Waals surface area contributed by atoms with E-state index in [1.807, 2.05) is 0 Å². The molecular formula is C12H12ClNO2. The summed E-state index contributed by atoms with van der Waals surface area (Å²) in [6.07, 6.45) is 5.11. The van der Waals surface area contributed by atoms with E-state index >= 15 is 0 Å². The maximum atomic E-state index is 11.3. The van der Waals surface area contributed by atoms with Crippen molar-refractivity contribution < 1.29 is 9.90 Å². The fraction of sp³-hybridized carbons (Fsp3) is 0.250. The van der Waals surface area contributed by atoms with E-state index in [0.717, 1.165) is 0 Å². The van der Waals surface area contributed by atoms with Gasteiger partial charge in [-0.2, -0.15) is 0 Å². The Hall–Kier alpha value is -1.50. The topological polar surface area (TPSA) is 49.3 Å². The van der Waals surface area contributed by atoms with Gasteiger partial charge in [-0.15, -0.1) is 6.42 Å². The lowest BCUT2D eigenvalue weighted by atomic mass is 9.92. The molecule has 1 atom stereocenters. The molecule has 0 fully saturated rings. The standard InChI is InChI=1S/C12H12ClNO2/c1-3-7-14-12(2,11(15)16)9-5-4-6-10(13)8-9/h1,4-6,8,14H,7H2,2H3,(H,15,16). The average Bonchev–Trinajstić information content (AvgIpc) is 2.25. The largest absolute Gasteiger partial charge is 0.480 e. The number of aliphatic carboxylic acids is 1. The van der Waals surface area contributed by atoms with Crippen LogP contribution in [0.15, 0.2) is 24.3 Å². The average molecular weight is 238 g/mol. The van der Waals surface area contributed by atoms with E-state index < -0.39 is 11.5 Å². The zero-order chi connectivity index (χ0) is 12.2. The van der Waals surface area contributed by atoms with Crippen molar-refractivity contribution >= 4 is 17.6 Å². The van der Waals surface area contributed by atoms with E-state index in [0.29, 0.717) is 10.6 Å². The number of hydrogen-bond acceptors (Lipinski definition) is 2. The number of carboxylic acids is 1. The van der Waals surface area contributed by atoms with Crippen LogP contribution in [-0.2, 0) is 10.3 Å². The van der Waals surface area contributed by atoms with Crippen LogP contribution in [0.25, 0.3) is 0 Å². The van der Waals surface area contributed by atoms with Crippen molar-refractivity contribution in [2.24, 2.45) is 0 Å². The third kappa shape index (κ3) is 2.54. The Kier molecular flexibility index (Phi) is 3.94. The highest BCUT2D eigenvalue weighted by molar-refractivity contribution is 6.30. The summed E-state index contributed by atoms with van der Waals surface area (Å²) in [5.74, 6) is 1.36. The summed E-state index contributed by atoms with van der Waals surface area (Å²) in [5, 5.41) is 12.5. The van der Waals surface area contributed by atoms with E-state index in [4.69, 9.17) is 18.0 Å². The molecule has 0 radical (unpaired) electrons. The van der Waals surface area contributed by atoms with Gasteiger partial charge in [-0.3, -0.25) is 5.32 Å². The molecule has 0 aliphatic heterocycles. The van der Waals surface area contributed by atoms with Gasteiger partial charge in [-0.25, -0.2) is 4.79 Å². The minimum Gasteiger partial charge on any atom is -0.480 e. The second kappa shape index (κ2) is 5.02. The number of terminal acetylenes is 1. The molecule has 0 amide bonds. The summed E-state index contributed by atoms with van der Waals surface area (Å²) >= 11 is 5.83. The molecule has 16 heavy (non-hydrogen) atoms. The Balaban J connectivity index is 3.12. The van der Waals surface area contributed by atoms with Crippen LogP contribution in [0.2, 0.25) is 5.02 Å². The van der Waals surface area contributed by atoms with Crippen molar-refractivity contribution in [3.8, 4) is 12.3 Å². The van der Waals surface area contributed by atoms with Crippen LogP contribution in [0.4, 0.5) is 0 Å². The van der Waals surface area contributed by atoms with Gasteiger partial charge >= 0.3 is 5.97 Å². The van der Waals surface area contributed by atoms with Crippen LogP contribution in [0.5, 0.6) is 0 Å². The van der Waals surface area contributed by atoms with Crippen molar-refractivity contribution in [1.82, 2.24) is 5.32 Å². The molecule has 84 valence electrons. The Morgan fingerprint density at radius 3 is 2.88 bits per heavy atom. The Labute approximate surface area is 99.4 Å². The zero-order valence-electron chi connectivity index (χ0n) is 8.83. The van der Waals surface area contributed by atoms with Crippen LogP contribution < -0.4 is 5.32 Å². The van der Waals surface area contributed by atoms with E-state index in [-0.39, 0.29) is 6.54 Å². The van der Waals surface area contributed by atoms with Crippen LogP contribution in [0.1, 0.15) is 12.5 Å². The molecule has 1 rings (SSSR count). The molecule has 0 spiro atoms. The predicted octanol–water partition coefficient (Wildman–Crippen LogP) is 1.86. The SMILES string of the molecule is C#CCNC(C)(C(=O)O)c1cccc(Cl)c1. The minimum atomic E-state index is -1.22. The van der Waals surface area contributed by atoms with Crippen molar-refractivity contribution in [1.29, 1.82) is 0 Å². The number of hydrogen-bond donors (Lipinski definition) is 2. The summed E-state index contributed by atoms with van der Waals surface area (Å²) in [6.45, 7) is 1.73. The summed E-state index contributed by atoms with van der Waals surface area (Å²) in [5.41, 5.74) is -0.653. The molecule has 3 nitrogen and oxygen atoms in total. The summed E-state index contributed by atoms with van der Waals surface area (Å²) in [4.78, 5) is 11.3. The number of nitrogens with one attached hydrogen (secondary N) is 1. The van der Waals surface area contributed by atoms with Crippen molar-refractivity contribution in [2.45, 2.75) is 12.5 Å². The maximum Gasteiger partial charge on any atom is 0.328 e. The summed E-state index contributed by atoms with van der Waals surface area (Å²) in [7, 11) is 0. The van der Waals surface area contributed by atoms with E-state index in [2.05, 4.69) is 11.2 Å². The van der Waals surface area contributed by atoms with E-state index in [1.165, 1.54) is 0 Å². The first kappa shape index (κ1) is 12.6. The van der Waals surface area contributed by atoms with Crippen LogP contribution in [0, 0.1) is 12.3 Å². The van der Waals surface area contributed by atoms with Gasteiger partial charge in [-0.05, 0) is 24.6 Å². The van der Waals surface area contributed by atoms with Crippen LogP contribution in [0.3, 0.4) is 0 Å². The molecule has 2 N–H and O–H groups in total. The molecule has 1 unspecified atom stereocenters. The smallest absolute Gasteiger partial charge is 0.328 e. The highest BCUT2D eigenvalue weighted by Crippen LogP contribution is 2.23. The summed E-state index contributed by atoms with van der Waals surface area (Å²) < 4.78 is 0. The van der Waals surface area contributed by atoms with Crippen molar-refractivity contribution in [2.75, 3.05) is 6.54 Å². The first-order valence-electron chi connectivity index (χ1n) is 4.68. The molecule has 1 aromatic carbocycles. The normalized spacial score (nSPS) is 13.8. The van der Waals surface area contributed by atoms with E-state index in [9.17, 15) is 9.90 Å². The lowest BCUT2D eigenvalue weighted by Crippen LogP contribution is -2.46. The Morgan fingerprint density at radius 2 is 2.38 bits per heavy atom. The third-order valence-corrected chi connectivity index (χ3v) is 2.61. The van der Waals surface area contributed by atoms with Crippen LogP contribution >= 0.6 is 11.6 Å². The molecule has 0 bridgehead atoms. The van der Waals surface area contributed by atoms with Crippen LogP contribution in [-0.4, -0.2) is 17.6 Å². The molecular weight excluding hydrogens is 226 g/mol. The first-order valence-corrected chi connectivity index (χ1v) is 5.06. The van der Waals surface area contributed by atoms with Gasteiger partial charge in [0, 0.05) is 5.02 Å². The van der Waals surface area contributed by atoms with Crippen molar-refractivity contribution in [3.05, 3.63) is 34.9 Å². The second-order valence-corrected chi connectivity index (χ2v) is 3.93. The number of halogens is 1. The lowest BCUT2D eigenvalue weighted by molar-refractivity contribution is -0.144. The fourth-order valence-corrected chi connectivity index (χ4v) is 1.52. The first-order chi connectivity index (χ1) is 7.50. The van der Waals surface area contributed by atoms with Gasteiger partial charge < -0.3 is 5.11 Å². The third-order valence-electron chi connectivity index (χ3n) is 2.37. The Bertz CT molecular complexity index is 439. The predicted molar refractivity (Wildman–Crippen MR) is 63.3 cm³/mol. The van der Waals surface area contributed by atoms with Gasteiger partial charge in [0.25, 0.3) is 0 Å². The van der Waals surface area contributed by atoms with E-state index in [1.54, 1.807) is 31.2 Å². The molecule has 1 aromatic rings. The van der Waals surface area contributed by atoms with Gasteiger partial charge in [0.2, 0.25) is 0 Å². The highest BCUT2D eigenvalue weighted by atomic mass is 35.5. The lowest BCUT2D eigenvalue weighted by Gasteiger charge is -2.26. The molecule has 0 aromatic heterocycles. The summed E-state index contributed by atoms with van der Waals surface area (Å²) in [6, 6.07) is 6.70. The number of carboxylic acid groups (broad SMARTS) is 1. The Morgan fingerprint density at radius 1 is 1.69 bits per heavy atom. The number of rotatable bonds is 4. The van der Waals surface area contributed by atoms with Crippen molar-refractivity contribution in [3.63, 3.8) is 0 Å². The number of carbonyl (C=O) groups is 1. The zero-order valence-corrected chi connectivity index (χ0v) is 9.58. The molecule has 0 heterocycles. The van der Waals surface area contributed by atoms with Gasteiger partial charge in [0.05, 0.1) is 6.54 Å². The molecule has 0 saturated carbocycles. The number of benzene rings is 1. The fourth-order valence-electron chi connectivity index (χ4n) is 1.33. The molecule has 0 aliphatic rings. The van der Waals surface area contributed by atoms with Gasteiger partial charge in [0.1, 0.15) is 5.54 Å². The second-order valence-electron chi connectivity index (χ2n) is 3.50. The maximum absolute atomic E-state index is 11.3. The van der Waals surface area contributed by atoms with Gasteiger partial charge in [-0.1, -0.05) is 29.7 Å². The highest BCUT2D eigenvalue weighted by Gasteiger charge is 2.34. The quantitative estimate of drug-likeness (QED) is 0.786. The molecule has 4 heteroatoms. The minimum absolute atomic E-state index is 0.176. The van der Waals surface area contributed by atoms with Gasteiger partial charge in [0.15, 0.2) is 0 Å². The molecule has 0 saturated heterocycles. The monoisotopic (exact) mass is 237 g/mol.